The van der Waals surface area contributed by atoms with E-state index in [1.54, 1.807) is 25.1 Å². The summed E-state index contributed by atoms with van der Waals surface area (Å²) in [5.74, 6) is -1.49. The van der Waals surface area contributed by atoms with Crippen LogP contribution in [0.25, 0.3) is 10.6 Å². The van der Waals surface area contributed by atoms with E-state index in [4.69, 9.17) is 0 Å². The van der Waals surface area contributed by atoms with Crippen LogP contribution in [0.1, 0.15) is 45.1 Å². The van der Waals surface area contributed by atoms with Crippen molar-refractivity contribution < 1.29 is 14.4 Å². The summed E-state index contributed by atoms with van der Waals surface area (Å²) >= 11 is 1.25. The van der Waals surface area contributed by atoms with Crippen LogP contribution in [0.3, 0.4) is 0 Å². The topological polar surface area (TPSA) is 100 Å². The van der Waals surface area contributed by atoms with Crippen LogP contribution in [0.5, 0.6) is 0 Å². The molecule has 0 fully saturated rings. The first-order valence-electron chi connectivity index (χ1n) is 10.3. The second kappa shape index (κ2) is 10.2. The lowest BCUT2D eigenvalue weighted by Crippen LogP contribution is -2.54. The van der Waals surface area contributed by atoms with Crippen LogP contribution in [0.2, 0.25) is 0 Å². The van der Waals surface area contributed by atoms with Gasteiger partial charge in [0.2, 0.25) is 0 Å². The molecule has 166 valence electrons. The first-order chi connectivity index (χ1) is 15.3. The number of rotatable bonds is 6. The Morgan fingerprint density at radius 3 is 2.28 bits per heavy atom. The fourth-order valence-corrected chi connectivity index (χ4v) is 4.08. The molecule has 3 amide bonds. The van der Waals surface area contributed by atoms with Crippen LogP contribution in [0.15, 0.2) is 54.6 Å². The highest BCUT2D eigenvalue weighted by Gasteiger charge is 2.26. The molecule has 8 heteroatoms. The third-order valence-corrected chi connectivity index (χ3v) is 6.04. The summed E-state index contributed by atoms with van der Waals surface area (Å²) in [6.07, 6.45) is 0. The Hall–Kier alpha value is -3.52. The van der Waals surface area contributed by atoms with Crippen LogP contribution in [0.4, 0.5) is 0 Å². The molecule has 2 aromatic carbocycles. The van der Waals surface area contributed by atoms with E-state index < -0.39 is 17.9 Å². The standard InChI is InChI=1S/C24H26N4O3S/c1-14(2)19(26-21(29)18-12-8-9-15(3)13-18)22(30)27-28-23(31)20-16(4)25-24(32-20)17-10-6-5-7-11-17/h5-14,19H,1-4H3,(H,26,29)(H,27,30)(H,28,31). The Kier molecular flexibility index (Phi) is 7.37. The van der Waals surface area contributed by atoms with Gasteiger partial charge in [0.1, 0.15) is 15.9 Å². The van der Waals surface area contributed by atoms with E-state index in [9.17, 15) is 14.4 Å². The number of aromatic nitrogens is 1. The monoisotopic (exact) mass is 450 g/mol. The van der Waals surface area contributed by atoms with Gasteiger partial charge in [-0.2, -0.15) is 0 Å². The number of benzene rings is 2. The van der Waals surface area contributed by atoms with Crippen LogP contribution in [-0.4, -0.2) is 28.7 Å². The second-order valence-electron chi connectivity index (χ2n) is 7.81. The maximum Gasteiger partial charge on any atom is 0.281 e. The van der Waals surface area contributed by atoms with Crippen molar-refractivity contribution in [1.82, 2.24) is 21.2 Å². The summed E-state index contributed by atoms with van der Waals surface area (Å²) in [7, 11) is 0. The number of hydrogen-bond donors (Lipinski definition) is 3. The predicted octanol–water partition coefficient (Wildman–Crippen LogP) is 3.64. The van der Waals surface area contributed by atoms with Gasteiger partial charge in [0.05, 0.1) is 5.69 Å². The van der Waals surface area contributed by atoms with Gasteiger partial charge in [-0.25, -0.2) is 4.98 Å². The van der Waals surface area contributed by atoms with Crippen molar-refractivity contribution in [3.63, 3.8) is 0 Å². The molecule has 1 unspecified atom stereocenters. The van der Waals surface area contributed by atoms with Crippen molar-refractivity contribution in [3.05, 3.63) is 76.3 Å². The Bertz CT molecular complexity index is 1130. The van der Waals surface area contributed by atoms with Gasteiger partial charge in [-0.1, -0.05) is 61.9 Å². The summed E-state index contributed by atoms with van der Waals surface area (Å²) in [5, 5.41) is 3.48. The van der Waals surface area contributed by atoms with E-state index in [0.717, 1.165) is 16.1 Å². The number of hydrazine groups is 1. The van der Waals surface area contributed by atoms with Crippen LogP contribution in [0, 0.1) is 19.8 Å². The van der Waals surface area contributed by atoms with Gasteiger partial charge in [0, 0.05) is 11.1 Å². The third-order valence-electron chi connectivity index (χ3n) is 4.84. The van der Waals surface area contributed by atoms with Gasteiger partial charge < -0.3 is 5.32 Å². The van der Waals surface area contributed by atoms with Crippen molar-refractivity contribution in [2.24, 2.45) is 5.92 Å². The van der Waals surface area contributed by atoms with Crippen molar-refractivity contribution in [3.8, 4) is 10.6 Å². The number of carbonyl (C=O) groups excluding carboxylic acids is 3. The molecule has 3 N–H and O–H groups in total. The summed E-state index contributed by atoms with van der Waals surface area (Å²) < 4.78 is 0. The van der Waals surface area contributed by atoms with E-state index in [0.29, 0.717) is 16.1 Å². The number of amides is 3. The predicted molar refractivity (Wildman–Crippen MR) is 125 cm³/mol. The maximum absolute atomic E-state index is 12.7. The summed E-state index contributed by atoms with van der Waals surface area (Å²) in [6, 6.07) is 15.9. The number of carbonyl (C=O) groups is 3. The highest BCUT2D eigenvalue weighted by Crippen LogP contribution is 2.27. The van der Waals surface area contributed by atoms with Crippen LogP contribution < -0.4 is 16.2 Å². The van der Waals surface area contributed by atoms with Gasteiger partial charge in [0.15, 0.2) is 0 Å². The molecule has 0 aliphatic heterocycles. The molecule has 0 radical (unpaired) electrons. The average Bonchev–Trinajstić information content (AvgIpc) is 3.17. The molecular weight excluding hydrogens is 424 g/mol. The lowest BCUT2D eigenvalue weighted by molar-refractivity contribution is -0.124. The summed E-state index contributed by atoms with van der Waals surface area (Å²) in [6.45, 7) is 7.28. The molecule has 0 saturated carbocycles. The Morgan fingerprint density at radius 1 is 0.906 bits per heavy atom. The van der Waals surface area contributed by atoms with Gasteiger partial charge in [-0.15, -0.1) is 11.3 Å². The van der Waals surface area contributed by atoms with Crippen molar-refractivity contribution in [1.29, 1.82) is 0 Å². The Balaban J connectivity index is 1.64. The quantitative estimate of drug-likeness (QED) is 0.499. The largest absolute Gasteiger partial charge is 0.340 e. The molecule has 3 rings (SSSR count). The molecule has 0 aliphatic carbocycles. The molecule has 3 aromatic rings. The maximum atomic E-state index is 12.7. The molecule has 0 aliphatic rings. The lowest BCUT2D eigenvalue weighted by atomic mass is 10.0. The van der Waals surface area contributed by atoms with Gasteiger partial charge in [-0.3, -0.25) is 25.2 Å². The number of nitrogens with one attached hydrogen (secondary N) is 3. The van der Waals surface area contributed by atoms with E-state index in [1.807, 2.05) is 57.2 Å². The molecular formula is C24H26N4O3S. The molecule has 1 heterocycles. The van der Waals surface area contributed by atoms with Crippen molar-refractivity contribution in [2.45, 2.75) is 33.7 Å². The fraction of sp³-hybridized carbons (Fsp3) is 0.250. The highest BCUT2D eigenvalue weighted by atomic mass is 32.1. The number of hydrogen-bond acceptors (Lipinski definition) is 5. The Labute approximate surface area is 191 Å². The third kappa shape index (κ3) is 5.59. The molecule has 0 saturated heterocycles. The molecule has 32 heavy (non-hydrogen) atoms. The number of aryl methyl sites for hydroxylation is 2. The minimum atomic E-state index is -0.814. The zero-order valence-electron chi connectivity index (χ0n) is 18.4. The van der Waals surface area contributed by atoms with E-state index in [1.165, 1.54) is 11.3 Å². The van der Waals surface area contributed by atoms with Crippen molar-refractivity contribution in [2.75, 3.05) is 0 Å². The van der Waals surface area contributed by atoms with Crippen LogP contribution >= 0.6 is 11.3 Å². The zero-order chi connectivity index (χ0) is 23.3. The molecule has 7 nitrogen and oxygen atoms in total. The first kappa shape index (κ1) is 23.1. The van der Waals surface area contributed by atoms with Gasteiger partial charge in [0.25, 0.3) is 17.7 Å². The van der Waals surface area contributed by atoms with E-state index in [2.05, 4.69) is 21.2 Å². The van der Waals surface area contributed by atoms with Gasteiger partial charge >= 0.3 is 0 Å². The fourth-order valence-electron chi connectivity index (χ4n) is 3.11. The second-order valence-corrected chi connectivity index (χ2v) is 8.81. The van der Waals surface area contributed by atoms with E-state index >= 15 is 0 Å². The number of nitrogens with zero attached hydrogens (tertiary/aromatic N) is 1. The molecule has 1 atom stereocenters. The SMILES string of the molecule is Cc1cccc(C(=O)NC(C(=O)NNC(=O)c2sc(-c3ccccc3)nc2C)C(C)C)c1. The smallest absolute Gasteiger partial charge is 0.281 e. The normalized spacial score (nSPS) is 11.7. The first-order valence-corrected chi connectivity index (χ1v) is 11.1. The highest BCUT2D eigenvalue weighted by molar-refractivity contribution is 7.17. The molecule has 0 spiro atoms. The van der Waals surface area contributed by atoms with E-state index in [-0.39, 0.29) is 11.8 Å². The number of thiazole rings is 1. The zero-order valence-corrected chi connectivity index (χ0v) is 19.2. The Morgan fingerprint density at radius 2 is 1.62 bits per heavy atom. The molecule has 1 aromatic heterocycles. The van der Waals surface area contributed by atoms with Crippen LogP contribution in [-0.2, 0) is 4.79 Å². The average molecular weight is 451 g/mol. The minimum Gasteiger partial charge on any atom is -0.340 e. The van der Waals surface area contributed by atoms with Crippen molar-refractivity contribution >= 4 is 29.1 Å². The summed E-state index contributed by atoms with van der Waals surface area (Å²) in [4.78, 5) is 42.8. The van der Waals surface area contributed by atoms with Gasteiger partial charge in [-0.05, 0) is 31.9 Å². The summed E-state index contributed by atoms with van der Waals surface area (Å²) in [5.41, 5.74) is 7.79. The lowest BCUT2D eigenvalue weighted by Gasteiger charge is -2.22. The minimum absolute atomic E-state index is 0.185. The molecule has 0 bridgehead atoms.